The van der Waals surface area contributed by atoms with Crippen molar-refractivity contribution in [3.8, 4) is 22.8 Å². The lowest BCUT2D eigenvalue weighted by atomic mass is 9.97. The van der Waals surface area contributed by atoms with Crippen LogP contribution < -0.4 is 4.74 Å². The van der Waals surface area contributed by atoms with Crippen LogP contribution in [-0.2, 0) is 0 Å². The van der Waals surface area contributed by atoms with Crippen LogP contribution in [0.5, 0.6) is 5.75 Å². The highest BCUT2D eigenvalue weighted by Gasteiger charge is 2.20. The summed E-state index contributed by atoms with van der Waals surface area (Å²) >= 11 is 7.83. The van der Waals surface area contributed by atoms with E-state index in [0.717, 1.165) is 39.3 Å². The van der Waals surface area contributed by atoms with Gasteiger partial charge in [0.15, 0.2) is 16.8 Å². The lowest BCUT2D eigenvalue weighted by Crippen LogP contribution is -2.09. The SMILES string of the molecule is COc1ccc(-n2c(SCC(=O)c3c(C)cc(C)cc3C)nnc2-c2ccccc2Cl)cc1. The Balaban J connectivity index is 1.71. The van der Waals surface area contributed by atoms with Crippen molar-refractivity contribution < 1.29 is 9.53 Å². The normalized spacial score (nSPS) is 10.9. The monoisotopic (exact) mass is 477 g/mol. The number of thioether (sulfide) groups is 1. The summed E-state index contributed by atoms with van der Waals surface area (Å²) in [6.07, 6.45) is 0. The highest BCUT2D eigenvalue weighted by Crippen LogP contribution is 2.33. The quantitative estimate of drug-likeness (QED) is 0.225. The fourth-order valence-electron chi connectivity index (χ4n) is 3.97. The fraction of sp³-hybridized carbons (Fsp3) is 0.192. The molecule has 4 aromatic rings. The van der Waals surface area contributed by atoms with E-state index in [9.17, 15) is 4.79 Å². The van der Waals surface area contributed by atoms with Crippen molar-refractivity contribution in [3.63, 3.8) is 0 Å². The second-order valence-corrected chi connectivity index (χ2v) is 9.15. The van der Waals surface area contributed by atoms with E-state index in [0.29, 0.717) is 16.0 Å². The molecule has 3 aromatic carbocycles. The predicted octanol–water partition coefficient (Wildman–Crippen LogP) is 6.50. The second-order valence-electron chi connectivity index (χ2n) is 7.81. The van der Waals surface area contributed by atoms with Gasteiger partial charge in [-0.1, -0.05) is 53.2 Å². The van der Waals surface area contributed by atoms with Crippen LogP contribution >= 0.6 is 23.4 Å². The van der Waals surface area contributed by atoms with Crippen molar-refractivity contribution in [2.24, 2.45) is 0 Å². The number of hydrogen-bond acceptors (Lipinski definition) is 5. The van der Waals surface area contributed by atoms with E-state index in [2.05, 4.69) is 10.2 Å². The lowest BCUT2D eigenvalue weighted by molar-refractivity contribution is 0.102. The number of benzene rings is 3. The molecular formula is C26H24ClN3O2S. The van der Waals surface area contributed by atoms with Gasteiger partial charge in [-0.25, -0.2) is 0 Å². The third-order valence-corrected chi connectivity index (χ3v) is 6.63. The molecule has 0 spiro atoms. The van der Waals surface area contributed by atoms with Gasteiger partial charge in [-0.3, -0.25) is 9.36 Å². The maximum absolute atomic E-state index is 13.1. The van der Waals surface area contributed by atoms with E-state index >= 15 is 0 Å². The molecule has 0 saturated heterocycles. The zero-order valence-electron chi connectivity index (χ0n) is 18.9. The van der Waals surface area contributed by atoms with Gasteiger partial charge in [-0.2, -0.15) is 0 Å². The lowest BCUT2D eigenvalue weighted by Gasteiger charge is -2.13. The Kier molecular flexibility index (Phi) is 6.86. The molecule has 168 valence electrons. The Bertz CT molecular complexity index is 1290. The molecule has 0 saturated carbocycles. The van der Waals surface area contributed by atoms with Gasteiger partial charge in [-0.05, 0) is 68.3 Å². The molecule has 0 aliphatic rings. The molecule has 33 heavy (non-hydrogen) atoms. The van der Waals surface area contributed by atoms with Gasteiger partial charge in [0.1, 0.15) is 5.75 Å². The van der Waals surface area contributed by atoms with Crippen LogP contribution in [0, 0.1) is 20.8 Å². The molecule has 0 radical (unpaired) electrons. The molecule has 1 aromatic heterocycles. The Morgan fingerprint density at radius 1 is 1.00 bits per heavy atom. The molecule has 0 fully saturated rings. The summed E-state index contributed by atoms with van der Waals surface area (Å²) in [5, 5.41) is 10.0. The number of carbonyl (C=O) groups excluding carboxylic acids is 1. The minimum absolute atomic E-state index is 0.0681. The smallest absolute Gasteiger partial charge is 0.196 e. The first kappa shape index (κ1) is 23.1. The number of methoxy groups -OCH3 is 1. The molecule has 0 N–H and O–H groups in total. The average molecular weight is 478 g/mol. The Hall–Kier alpha value is -3.09. The van der Waals surface area contributed by atoms with Crippen LogP contribution in [-0.4, -0.2) is 33.4 Å². The standard InChI is InChI=1S/C26H24ClN3O2S/c1-16-13-17(2)24(18(3)14-16)23(31)15-33-26-29-28-25(21-7-5-6-8-22(21)27)30(26)19-9-11-20(32-4)12-10-19/h5-14H,15H2,1-4H3. The summed E-state index contributed by atoms with van der Waals surface area (Å²) in [4.78, 5) is 13.1. The van der Waals surface area contributed by atoms with Crippen molar-refractivity contribution in [1.29, 1.82) is 0 Å². The summed E-state index contributed by atoms with van der Waals surface area (Å²) in [5.41, 5.74) is 5.53. The molecular weight excluding hydrogens is 454 g/mol. The highest BCUT2D eigenvalue weighted by atomic mass is 35.5. The van der Waals surface area contributed by atoms with E-state index < -0.39 is 0 Å². The van der Waals surface area contributed by atoms with E-state index in [-0.39, 0.29) is 11.5 Å². The number of carbonyl (C=O) groups is 1. The molecule has 1 heterocycles. The van der Waals surface area contributed by atoms with Gasteiger partial charge in [0.2, 0.25) is 0 Å². The largest absolute Gasteiger partial charge is 0.497 e. The van der Waals surface area contributed by atoms with Crippen LogP contribution in [0.4, 0.5) is 0 Å². The molecule has 0 amide bonds. The number of hydrogen-bond donors (Lipinski definition) is 0. The Morgan fingerprint density at radius 2 is 1.67 bits per heavy atom. The maximum atomic E-state index is 13.1. The average Bonchev–Trinajstić information content (AvgIpc) is 3.21. The number of ketones is 1. The third-order valence-electron chi connectivity index (χ3n) is 5.37. The number of Topliss-reactive ketones (excluding diaryl/α,β-unsaturated/α-hetero) is 1. The van der Waals surface area contributed by atoms with Crippen LogP contribution in [0.2, 0.25) is 5.02 Å². The number of rotatable bonds is 7. The minimum atomic E-state index is 0.0681. The van der Waals surface area contributed by atoms with E-state index in [4.69, 9.17) is 16.3 Å². The van der Waals surface area contributed by atoms with Gasteiger partial charge in [0.05, 0.1) is 17.9 Å². The molecule has 7 heteroatoms. The maximum Gasteiger partial charge on any atom is 0.196 e. The Morgan fingerprint density at radius 3 is 2.30 bits per heavy atom. The van der Waals surface area contributed by atoms with Crippen molar-refractivity contribution in [2.45, 2.75) is 25.9 Å². The molecule has 0 unspecified atom stereocenters. The number of aromatic nitrogens is 3. The zero-order chi connectivity index (χ0) is 23.5. The van der Waals surface area contributed by atoms with Crippen molar-refractivity contribution in [3.05, 3.63) is 87.9 Å². The first-order valence-corrected chi connectivity index (χ1v) is 11.8. The summed E-state index contributed by atoms with van der Waals surface area (Å²) in [5.74, 6) is 1.68. The van der Waals surface area contributed by atoms with Crippen LogP contribution in [0.15, 0.2) is 65.8 Å². The second kappa shape index (κ2) is 9.81. The highest BCUT2D eigenvalue weighted by molar-refractivity contribution is 7.99. The first-order chi connectivity index (χ1) is 15.9. The van der Waals surface area contributed by atoms with Gasteiger partial charge in [-0.15, -0.1) is 10.2 Å². The molecule has 0 bridgehead atoms. The number of aryl methyl sites for hydroxylation is 3. The van der Waals surface area contributed by atoms with Gasteiger partial charge >= 0.3 is 0 Å². The van der Waals surface area contributed by atoms with E-state index in [1.165, 1.54) is 11.8 Å². The zero-order valence-corrected chi connectivity index (χ0v) is 20.5. The fourth-order valence-corrected chi connectivity index (χ4v) is 5.01. The van der Waals surface area contributed by atoms with Crippen molar-refractivity contribution in [1.82, 2.24) is 14.8 Å². The van der Waals surface area contributed by atoms with Crippen LogP contribution in [0.25, 0.3) is 17.1 Å². The third kappa shape index (κ3) is 4.82. The minimum Gasteiger partial charge on any atom is -0.497 e. The van der Waals surface area contributed by atoms with Gasteiger partial charge in [0, 0.05) is 16.8 Å². The first-order valence-electron chi connectivity index (χ1n) is 10.5. The number of halogens is 1. The van der Waals surface area contributed by atoms with Crippen LogP contribution in [0.3, 0.4) is 0 Å². The van der Waals surface area contributed by atoms with E-state index in [1.807, 2.05) is 86.0 Å². The predicted molar refractivity (Wildman–Crippen MR) is 134 cm³/mol. The van der Waals surface area contributed by atoms with E-state index in [1.54, 1.807) is 7.11 Å². The molecule has 5 nitrogen and oxygen atoms in total. The van der Waals surface area contributed by atoms with Gasteiger partial charge < -0.3 is 4.74 Å². The topological polar surface area (TPSA) is 57.0 Å². The number of nitrogens with zero attached hydrogens (tertiary/aromatic N) is 3. The molecule has 0 aliphatic heterocycles. The summed E-state index contributed by atoms with van der Waals surface area (Å²) in [6.45, 7) is 6.00. The Labute approximate surface area is 202 Å². The van der Waals surface area contributed by atoms with Crippen LogP contribution in [0.1, 0.15) is 27.0 Å². The van der Waals surface area contributed by atoms with Crippen molar-refractivity contribution in [2.75, 3.05) is 12.9 Å². The summed E-state index contributed by atoms with van der Waals surface area (Å²) in [7, 11) is 1.63. The molecule has 0 atom stereocenters. The van der Waals surface area contributed by atoms with Crippen molar-refractivity contribution >= 4 is 29.1 Å². The summed E-state index contributed by atoms with van der Waals surface area (Å²) < 4.78 is 7.22. The molecule has 0 aliphatic carbocycles. The number of ether oxygens (including phenoxy) is 1. The molecule has 4 rings (SSSR count). The van der Waals surface area contributed by atoms with Gasteiger partial charge in [0.25, 0.3) is 0 Å². The summed E-state index contributed by atoms with van der Waals surface area (Å²) in [6, 6.07) is 19.2.